The van der Waals surface area contributed by atoms with Crippen LogP contribution in [0.5, 0.6) is 0 Å². The fraction of sp³-hybridized carbons (Fsp3) is 0.536. The number of hydrogen-bond donors (Lipinski definition) is 1. The van der Waals surface area contributed by atoms with Gasteiger partial charge in [0.25, 0.3) is 0 Å². The summed E-state index contributed by atoms with van der Waals surface area (Å²) in [5.74, 6) is 1.79. The molecule has 1 aliphatic heterocycles. The summed E-state index contributed by atoms with van der Waals surface area (Å²) in [6.07, 6.45) is 9.93. The standard InChI is InChI=1S/C28H35N3O2/c1-19(2)30-27(33)28(16-20-7-5-8-21(15-20)22-9-6-13-29-17-22)12-14-31(18-28)26(32)25-23-10-3-4-11-24(23)25/h5-9,13,15,17,19,23-25H,3-4,10-12,14,16,18H2,1-2H3,(H,30,33)/t23-,24-,28-/m0/s1. The second-order valence-corrected chi connectivity index (χ2v) is 10.7. The predicted molar refractivity (Wildman–Crippen MR) is 129 cm³/mol. The van der Waals surface area contributed by atoms with E-state index >= 15 is 0 Å². The van der Waals surface area contributed by atoms with Crippen LogP contribution in [0.25, 0.3) is 11.1 Å². The number of nitrogens with zero attached hydrogens (tertiary/aromatic N) is 2. The highest BCUT2D eigenvalue weighted by Gasteiger charge is 2.57. The SMILES string of the molecule is CC(C)NC(=O)[C@]1(Cc2cccc(-c3cccnc3)c2)CCN(C(=O)C2[C@H]3CCCC[C@H]23)C1. The maximum atomic E-state index is 13.5. The summed E-state index contributed by atoms with van der Waals surface area (Å²) in [6, 6.07) is 12.5. The first kappa shape index (κ1) is 22.1. The lowest BCUT2D eigenvalue weighted by atomic mass is 9.79. The van der Waals surface area contributed by atoms with Gasteiger partial charge in [0.05, 0.1) is 5.41 Å². The average molecular weight is 446 g/mol. The monoisotopic (exact) mass is 445 g/mol. The van der Waals surface area contributed by atoms with Crippen molar-refractivity contribution in [1.29, 1.82) is 0 Å². The van der Waals surface area contributed by atoms with Crippen molar-refractivity contribution in [2.24, 2.45) is 23.2 Å². The molecule has 0 bridgehead atoms. The third-order valence-electron chi connectivity index (χ3n) is 7.97. The molecule has 5 heteroatoms. The first-order valence-electron chi connectivity index (χ1n) is 12.6. The first-order chi connectivity index (χ1) is 16.0. The largest absolute Gasteiger partial charge is 0.353 e. The van der Waals surface area contributed by atoms with Crippen molar-refractivity contribution in [3.63, 3.8) is 0 Å². The number of likely N-dealkylation sites (tertiary alicyclic amines) is 1. The van der Waals surface area contributed by atoms with E-state index in [1.807, 2.05) is 31.0 Å². The van der Waals surface area contributed by atoms with Gasteiger partial charge in [0.1, 0.15) is 0 Å². The second kappa shape index (κ2) is 8.92. The quantitative estimate of drug-likeness (QED) is 0.714. The van der Waals surface area contributed by atoms with Crippen LogP contribution < -0.4 is 5.32 Å². The Morgan fingerprint density at radius 2 is 1.88 bits per heavy atom. The molecule has 5 rings (SSSR count). The van der Waals surface area contributed by atoms with E-state index in [1.54, 1.807) is 6.20 Å². The van der Waals surface area contributed by atoms with Crippen molar-refractivity contribution in [3.8, 4) is 11.1 Å². The molecule has 3 fully saturated rings. The molecule has 1 N–H and O–H groups in total. The fourth-order valence-electron chi connectivity index (χ4n) is 6.24. The van der Waals surface area contributed by atoms with E-state index in [2.05, 4.69) is 40.6 Å². The minimum atomic E-state index is -0.576. The second-order valence-electron chi connectivity index (χ2n) is 10.7. The first-order valence-corrected chi connectivity index (χ1v) is 12.6. The Morgan fingerprint density at radius 3 is 2.58 bits per heavy atom. The summed E-state index contributed by atoms with van der Waals surface area (Å²) in [7, 11) is 0. The fourth-order valence-corrected chi connectivity index (χ4v) is 6.24. The molecule has 174 valence electrons. The Kier molecular flexibility index (Phi) is 5.98. The third-order valence-corrected chi connectivity index (χ3v) is 7.97. The van der Waals surface area contributed by atoms with Gasteiger partial charge >= 0.3 is 0 Å². The number of pyridine rings is 1. The zero-order valence-corrected chi connectivity index (χ0v) is 19.8. The molecule has 3 atom stereocenters. The molecule has 2 amide bonds. The normalized spacial score (nSPS) is 28.5. The number of carbonyl (C=O) groups is 2. The molecular formula is C28H35N3O2. The molecule has 1 aromatic carbocycles. The highest BCUT2D eigenvalue weighted by atomic mass is 16.2. The summed E-state index contributed by atoms with van der Waals surface area (Å²) in [5.41, 5.74) is 2.73. The summed E-state index contributed by atoms with van der Waals surface area (Å²) >= 11 is 0. The average Bonchev–Trinajstić information content (AvgIpc) is 3.40. The predicted octanol–water partition coefficient (Wildman–Crippen LogP) is 4.47. The smallest absolute Gasteiger partial charge is 0.228 e. The maximum absolute atomic E-state index is 13.5. The Balaban J connectivity index is 1.37. The zero-order chi connectivity index (χ0) is 23.0. The summed E-state index contributed by atoms with van der Waals surface area (Å²) in [6.45, 7) is 5.21. The molecule has 2 saturated carbocycles. The molecule has 0 spiro atoms. The molecular weight excluding hydrogens is 410 g/mol. The van der Waals surface area contributed by atoms with Gasteiger partial charge in [-0.1, -0.05) is 43.2 Å². The van der Waals surface area contributed by atoms with Gasteiger partial charge in [-0.25, -0.2) is 0 Å². The Bertz CT molecular complexity index is 1010. The molecule has 0 radical (unpaired) electrons. The van der Waals surface area contributed by atoms with Crippen LogP contribution in [-0.2, 0) is 16.0 Å². The summed E-state index contributed by atoms with van der Waals surface area (Å²) in [5, 5.41) is 3.16. The van der Waals surface area contributed by atoms with E-state index in [0.29, 0.717) is 37.3 Å². The number of carbonyl (C=O) groups excluding carboxylic acids is 2. The van der Waals surface area contributed by atoms with Crippen LogP contribution in [0.4, 0.5) is 0 Å². The number of hydrogen-bond acceptors (Lipinski definition) is 3. The zero-order valence-electron chi connectivity index (χ0n) is 19.8. The number of fused-ring (bicyclic) bond motifs is 1. The van der Waals surface area contributed by atoms with Crippen molar-refractivity contribution in [2.75, 3.05) is 13.1 Å². The van der Waals surface area contributed by atoms with Crippen LogP contribution in [-0.4, -0.2) is 40.8 Å². The van der Waals surface area contributed by atoms with Gasteiger partial charge < -0.3 is 10.2 Å². The van der Waals surface area contributed by atoms with Gasteiger partial charge in [-0.2, -0.15) is 0 Å². The Labute approximate surface area is 197 Å². The van der Waals surface area contributed by atoms with Gasteiger partial charge in [0.2, 0.25) is 11.8 Å². The maximum Gasteiger partial charge on any atom is 0.228 e. The van der Waals surface area contributed by atoms with E-state index in [9.17, 15) is 9.59 Å². The highest BCUT2D eigenvalue weighted by molar-refractivity contribution is 5.87. The molecule has 1 saturated heterocycles. The summed E-state index contributed by atoms with van der Waals surface area (Å²) in [4.78, 5) is 33.1. The minimum absolute atomic E-state index is 0.0761. The van der Waals surface area contributed by atoms with E-state index in [0.717, 1.165) is 23.1 Å². The lowest BCUT2D eigenvalue weighted by Gasteiger charge is -2.30. The van der Waals surface area contributed by atoms with Gasteiger partial charge in [-0.3, -0.25) is 14.6 Å². The third kappa shape index (κ3) is 4.42. The number of amides is 2. The van der Waals surface area contributed by atoms with Crippen LogP contribution in [0, 0.1) is 23.2 Å². The lowest BCUT2D eigenvalue weighted by Crippen LogP contribution is -2.47. The van der Waals surface area contributed by atoms with E-state index in [-0.39, 0.29) is 17.9 Å². The molecule has 5 nitrogen and oxygen atoms in total. The lowest BCUT2D eigenvalue weighted by molar-refractivity contribution is -0.134. The van der Waals surface area contributed by atoms with Gasteiger partial charge in [0, 0.05) is 37.4 Å². The van der Waals surface area contributed by atoms with Crippen molar-refractivity contribution in [2.45, 2.75) is 58.4 Å². The molecule has 1 aromatic heterocycles. The summed E-state index contributed by atoms with van der Waals surface area (Å²) < 4.78 is 0. The van der Waals surface area contributed by atoms with E-state index in [4.69, 9.17) is 0 Å². The molecule has 0 unspecified atom stereocenters. The van der Waals surface area contributed by atoms with Crippen LogP contribution in [0.2, 0.25) is 0 Å². The van der Waals surface area contributed by atoms with E-state index in [1.165, 1.54) is 25.7 Å². The van der Waals surface area contributed by atoms with Crippen LogP contribution in [0.15, 0.2) is 48.8 Å². The topological polar surface area (TPSA) is 62.3 Å². The van der Waals surface area contributed by atoms with Gasteiger partial charge in [-0.15, -0.1) is 0 Å². The Hall–Kier alpha value is -2.69. The van der Waals surface area contributed by atoms with Crippen molar-refractivity contribution in [3.05, 3.63) is 54.4 Å². The van der Waals surface area contributed by atoms with E-state index < -0.39 is 5.41 Å². The van der Waals surface area contributed by atoms with Crippen molar-refractivity contribution < 1.29 is 9.59 Å². The number of aromatic nitrogens is 1. The molecule has 2 heterocycles. The van der Waals surface area contributed by atoms with Crippen molar-refractivity contribution in [1.82, 2.24) is 15.2 Å². The number of nitrogens with one attached hydrogen (secondary N) is 1. The molecule has 33 heavy (non-hydrogen) atoms. The number of rotatable bonds is 6. The Morgan fingerprint density at radius 1 is 1.12 bits per heavy atom. The number of benzene rings is 1. The minimum Gasteiger partial charge on any atom is -0.353 e. The van der Waals surface area contributed by atoms with Crippen LogP contribution >= 0.6 is 0 Å². The molecule has 2 aromatic rings. The van der Waals surface area contributed by atoms with Crippen LogP contribution in [0.1, 0.15) is 51.5 Å². The molecule has 3 aliphatic rings. The van der Waals surface area contributed by atoms with Gasteiger partial charge in [0.15, 0.2) is 0 Å². The van der Waals surface area contributed by atoms with Gasteiger partial charge in [-0.05, 0) is 74.1 Å². The van der Waals surface area contributed by atoms with Crippen molar-refractivity contribution >= 4 is 11.8 Å². The highest BCUT2D eigenvalue weighted by Crippen LogP contribution is 2.56. The van der Waals surface area contributed by atoms with Crippen LogP contribution in [0.3, 0.4) is 0 Å². The molecule has 2 aliphatic carbocycles.